The van der Waals surface area contributed by atoms with Gasteiger partial charge in [-0.15, -0.1) is 0 Å². The van der Waals surface area contributed by atoms with Crippen LogP contribution < -0.4 is 5.73 Å². The fraction of sp³-hybridized carbons (Fsp3) is 0. The number of halogens is 1. The van der Waals surface area contributed by atoms with Crippen LogP contribution in [-0.4, -0.2) is 10.6 Å². The summed E-state index contributed by atoms with van der Waals surface area (Å²) in [6, 6.07) is 17.1. The molecule has 0 fully saturated rings. The van der Waals surface area contributed by atoms with Crippen LogP contribution >= 0.6 is 15.9 Å². The summed E-state index contributed by atoms with van der Waals surface area (Å²) in [5.41, 5.74) is 8.14. The highest BCUT2D eigenvalue weighted by molar-refractivity contribution is 9.10. The van der Waals surface area contributed by atoms with Crippen LogP contribution in [0, 0.1) is 0 Å². The predicted molar refractivity (Wildman–Crippen MR) is 90.0 cm³/mol. The van der Waals surface area contributed by atoms with Gasteiger partial charge in [0, 0.05) is 9.86 Å². The summed E-state index contributed by atoms with van der Waals surface area (Å²) in [4.78, 5) is 11.7. The SMILES string of the molecule is NC(=O)n1c(/C=C/c2ccc(Br)cc2)cc2ccccc21. The largest absolute Gasteiger partial charge is 0.351 e. The van der Waals surface area contributed by atoms with E-state index in [1.807, 2.05) is 66.7 Å². The molecule has 0 unspecified atom stereocenters. The van der Waals surface area contributed by atoms with Crippen molar-refractivity contribution in [2.75, 3.05) is 0 Å². The minimum absolute atomic E-state index is 0.480. The van der Waals surface area contributed by atoms with E-state index in [2.05, 4.69) is 15.9 Å². The molecule has 0 aliphatic rings. The summed E-state index contributed by atoms with van der Waals surface area (Å²) in [6.07, 6.45) is 3.86. The Hall–Kier alpha value is -2.33. The number of hydrogen-bond acceptors (Lipinski definition) is 1. The highest BCUT2D eigenvalue weighted by atomic mass is 79.9. The number of hydrogen-bond donors (Lipinski definition) is 1. The first-order valence-corrected chi connectivity index (χ1v) is 7.28. The average molecular weight is 341 g/mol. The van der Waals surface area contributed by atoms with E-state index >= 15 is 0 Å². The van der Waals surface area contributed by atoms with Gasteiger partial charge in [-0.1, -0.05) is 52.3 Å². The molecule has 0 aliphatic heterocycles. The number of carbonyl (C=O) groups is 1. The number of para-hydroxylation sites is 1. The average Bonchev–Trinajstić information content (AvgIpc) is 2.85. The maximum absolute atomic E-state index is 11.7. The van der Waals surface area contributed by atoms with Crippen LogP contribution in [0.4, 0.5) is 4.79 Å². The Labute approximate surface area is 130 Å². The van der Waals surface area contributed by atoms with Crippen LogP contribution in [0.1, 0.15) is 11.3 Å². The van der Waals surface area contributed by atoms with Crippen molar-refractivity contribution in [2.45, 2.75) is 0 Å². The maximum atomic E-state index is 11.7. The molecule has 2 aromatic carbocycles. The van der Waals surface area contributed by atoms with E-state index in [0.717, 1.165) is 26.6 Å². The minimum atomic E-state index is -0.480. The number of primary amides is 1. The van der Waals surface area contributed by atoms with Crippen molar-refractivity contribution in [3.63, 3.8) is 0 Å². The number of nitrogens with two attached hydrogens (primary N) is 1. The third-order valence-corrected chi connectivity index (χ3v) is 3.80. The monoisotopic (exact) mass is 340 g/mol. The minimum Gasteiger partial charge on any atom is -0.351 e. The van der Waals surface area contributed by atoms with Gasteiger partial charge in [0.1, 0.15) is 0 Å². The van der Waals surface area contributed by atoms with E-state index in [-0.39, 0.29) is 0 Å². The van der Waals surface area contributed by atoms with Gasteiger partial charge in [-0.3, -0.25) is 4.57 Å². The molecule has 1 amide bonds. The summed E-state index contributed by atoms with van der Waals surface area (Å²) in [7, 11) is 0. The van der Waals surface area contributed by atoms with Crippen molar-refractivity contribution < 1.29 is 4.79 Å². The summed E-state index contributed by atoms with van der Waals surface area (Å²) in [6.45, 7) is 0. The van der Waals surface area contributed by atoms with Crippen LogP contribution in [0.25, 0.3) is 23.1 Å². The summed E-state index contributed by atoms with van der Waals surface area (Å²) in [5.74, 6) is 0. The van der Waals surface area contributed by atoms with Gasteiger partial charge in [0.15, 0.2) is 0 Å². The van der Waals surface area contributed by atoms with Gasteiger partial charge in [0.2, 0.25) is 0 Å². The van der Waals surface area contributed by atoms with Crippen molar-refractivity contribution in [3.05, 3.63) is 70.3 Å². The lowest BCUT2D eigenvalue weighted by atomic mass is 10.2. The molecule has 3 rings (SSSR count). The normalized spacial score (nSPS) is 11.3. The Morgan fingerprint density at radius 1 is 1.05 bits per heavy atom. The lowest BCUT2D eigenvalue weighted by molar-refractivity contribution is 0.251. The van der Waals surface area contributed by atoms with Crippen molar-refractivity contribution >= 4 is 45.0 Å². The van der Waals surface area contributed by atoms with Crippen molar-refractivity contribution in [1.29, 1.82) is 0 Å². The molecular weight excluding hydrogens is 328 g/mol. The molecule has 3 aromatic rings. The number of benzene rings is 2. The van der Waals surface area contributed by atoms with Gasteiger partial charge in [0.25, 0.3) is 0 Å². The standard InChI is InChI=1S/C17H13BrN2O/c18-14-8-5-12(6-9-14)7-10-15-11-13-3-1-2-4-16(13)20(15)17(19)21/h1-11H,(H2,19,21)/b10-7+. The van der Waals surface area contributed by atoms with Gasteiger partial charge in [-0.05, 0) is 35.9 Å². The van der Waals surface area contributed by atoms with Gasteiger partial charge < -0.3 is 5.73 Å². The molecule has 2 N–H and O–H groups in total. The molecule has 1 heterocycles. The molecule has 3 nitrogen and oxygen atoms in total. The summed E-state index contributed by atoms with van der Waals surface area (Å²) in [5, 5.41) is 0.992. The number of carbonyl (C=O) groups excluding carboxylic acids is 1. The number of fused-ring (bicyclic) bond motifs is 1. The molecule has 21 heavy (non-hydrogen) atoms. The third-order valence-electron chi connectivity index (χ3n) is 3.28. The second-order valence-electron chi connectivity index (χ2n) is 4.69. The molecule has 0 aliphatic carbocycles. The molecule has 0 radical (unpaired) electrons. The molecule has 0 spiro atoms. The molecule has 4 heteroatoms. The van der Waals surface area contributed by atoms with Crippen LogP contribution in [0.15, 0.2) is 59.1 Å². The number of rotatable bonds is 2. The highest BCUT2D eigenvalue weighted by Crippen LogP contribution is 2.21. The van der Waals surface area contributed by atoms with Gasteiger partial charge in [-0.2, -0.15) is 0 Å². The molecule has 0 saturated heterocycles. The fourth-order valence-corrected chi connectivity index (χ4v) is 2.56. The predicted octanol–water partition coefficient (Wildman–Crippen LogP) is 4.50. The Kier molecular flexibility index (Phi) is 3.62. The second kappa shape index (κ2) is 5.58. The Morgan fingerprint density at radius 2 is 1.76 bits per heavy atom. The summed E-state index contributed by atoms with van der Waals surface area (Å²) < 4.78 is 2.55. The topological polar surface area (TPSA) is 48.0 Å². The second-order valence-corrected chi connectivity index (χ2v) is 5.60. The molecule has 0 saturated carbocycles. The number of nitrogens with zero attached hydrogens (tertiary/aromatic N) is 1. The van der Waals surface area contributed by atoms with E-state index in [0.29, 0.717) is 0 Å². The lowest BCUT2D eigenvalue weighted by Gasteiger charge is -2.02. The third kappa shape index (κ3) is 2.76. The molecule has 0 bridgehead atoms. The van der Waals surface area contributed by atoms with Crippen LogP contribution in [0.5, 0.6) is 0 Å². The molecule has 0 atom stereocenters. The van der Waals surface area contributed by atoms with Gasteiger partial charge in [0.05, 0.1) is 11.2 Å². The van der Waals surface area contributed by atoms with Crippen LogP contribution in [-0.2, 0) is 0 Å². The van der Waals surface area contributed by atoms with E-state index < -0.39 is 6.03 Å². The maximum Gasteiger partial charge on any atom is 0.323 e. The first-order chi connectivity index (χ1) is 10.1. The quantitative estimate of drug-likeness (QED) is 0.733. The van der Waals surface area contributed by atoms with Crippen molar-refractivity contribution in [2.24, 2.45) is 5.73 Å². The van der Waals surface area contributed by atoms with Gasteiger partial charge >= 0.3 is 6.03 Å². The molecular formula is C17H13BrN2O. The van der Waals surface area contributed by atoms with E-state index in [1.54, 1.807) is 0 Å². The zero-order chi connectivity index (χ0) is 14.8. The van der Waals surface area contributed by atoms with Gasteiger partial charge in [-0.25, -0.2) is 4.79 Å². The molecule has 104 valence electrons. The Bertz CT molecular complexity index is 832. The Morgan fingerprint density at radius 3 is 2.48 bits per heavy atom. The van der Waals surface area contributed by atoms with E-state index in [4.69, 9.17) is 5.73 Å². The highest BCUT2D eigenvalue weighted by Gasteiger charge is 2.09. The summed E-state index contributed by atoms with van der Waals surface area (Å²) >= 11 is 3.41. The Balaban J connectivity index is 2.05. The van der Waals surface area contributed by atoms with Crippen LogP contribution in [0.2, 0.25) is 0 Å². The first kappa shape index (κ1) is 13.6. The smallest absolute Gasteiger partial charge is 0.323 e. The number of amides is 1. The van der Waals surface area contributed by atoms with Crippen molar-refractivity contribution in [1.82, 2.24) is 4.57 Å². The van der Waals surface area contributed by atoms with E-state index in [9.17, 15) is 4.79 Å². The first-order valence-electron chi connectivity index (χ1n) is 6.49. The number of aromatic nitrogens is 1. The van der Waals surface area contributed by atoms with Crippen molar-refractivity contribution in [3.8, 4) is 0 Å². The zero-order valence-electron chi connectivity index (χ0n) is 11.2. The lowest BCUT2D eigenvalue weighted by Crippen LogP contribution is -2.20. The zero-order valence-corrected chi connectivity index (χ0v) is 12.7. The molecule has 1 aromatic heterocycles. The van der Waals surface area contributed by atoms with Crippen LogP contribution in [0.3, 0.4) is 0 Å². The van der Waals surface area contributed by atoms with E-state index in [1.165, 1.54) is 4.57 Å². The fourth-order valence-electron chi connectivity index (χ4n) is 2.30.